The summed E-state index contributed by atoms with van der Waals surface area (Å²) >= 11 is 0. The van der Waals surface area contributed by atoms with Crippen LogP contribution in [-0.4, -0.2) is 0 Å². The number of hydrogen-bond acceptors (Lipinski definition) is 2. The Kier molecular flexibility index (Phi) is 1.57. The fourth-order valence-corrected chi connectivity index (χ4v) is 0.682. The molecule has 0 atom stereocenters. The Hall–Kier alpha value is -0.920. The highest BCUT2D eigenvalue weighted by Crippen LogP contribution is 2.09. The SMILES string of the molecule is N=NC1=CCCC=C1. The molecule has 0 aromatic rings. The second-order valence-corrected chi connectivity index (χ2v) is 1.72. The molecule has 0 aliphatic heterocycles. The third kappa shape index (κ3) is 1.03. The van der Waals surface area contributed by atoms with E-state index in [2.05, 4.69) is 5.11 Å². The van der Waals surface area contributed by atoms with Gasteiger partial charge in [-0.25, -0.2) is 5.53 Å². The molecule has 0 saturated carbocycles. The molecular weight excluding hydrogens is 100 g/mol. The molecule has 2 nitrogen and oxygen atoms in total. The van der Waals surface area contributed by atoms with Crippen molar-refractivity contribution in [2.24, 2.45) is 5.11 Å². The fraction of sp³-hybridized carbons (Fsp3) is 0.333. The summed E-state index contributed by atoms with van der Waals surface area (Å²) < 4.78 is 0. The van der Waals surface area contributed by atoms with Crippen molar-refractivity contribution in [3.05, 3.63) is 23.9 Å². The number of nitrogens with zero attached hydrogens (tertiary/aromatic N) is 1. The van der Waals surface area contributed by atoms with E-state index in [4.69, 9.17) is 5.53 Å². The molecule has 42 valence electrons. The van der Waals surface area contributed by atoms with E-state index in [-0.39, 0.29) is 0 Å². The Balaban J connectivity index is 2.64. The monoisotopic (exact) mass is 108 g/mol. The van der Waals surface area contributed by atoms with Gasteiger partial charge in [-0.3, -0.25) is 0 Å². The molecule has 0 aromatic heterocycles. The van der Waals surface area contributed by atoms with Crippen molar-refractivity contribution in [1.82, 2.24) is 0 Å². The zero-order valence-corrected chi connectivity index (χ0v) is 4.59. The van der Waals surface area contributed by atoms with Gasteiger partial charge in [0.15, 0.2) is 0 Å². The average Bonchev–Trinajstić information content (AvgIpc) is 1.90. The summed E-state index contributed by atoms with van der Waals surface area (Å²) in [5.74, 6) is 0. The Bertz CT molecular complexity index is 145. The highest BCUT2D eigenvalue weighted by atomic mass is 15.0. The van der Waals surface area contributed by atoms with E-state index in [1.54, 1.807) is 0 Å². The molecular formula is C6H8N2. The standard InChI is InChI=1S/C6H8N2/c7-8-6-4-2-1-3-5-6/h2,4-5,7H,1,3H2. The molecule has 2 heteroatoms. The molecule has 1 rings (SSSR count). The largest absolute Gasteiger partial charge is 0.204 e. The van der Waals surface area contributed by atoms with Gasteiger partial charge in [0.1, 0.15) is 0 Å². The van der Waals surface area contributed by atoms with Gasteiger partial charge in [-0.2, -0.15) is 5.11 Å². The first-order valence-corrected chi connectivity index (χ1v) is 2.67. The van der Waals surface area contributed by atoms with Gasteiger partial charge >= 0.3 is 0 Å². The zero-order valence-electron chi connectivity index (χ0n) is 4.59. The van der Waals surface area contributed by atoms with Gasteiger partial charge in [-0.1, -0.05) is 12.2 Å². The molecule has 1 aliphatic carbocycles. The lowest BCUT2D eigenvalue weighted by molar-refractivity contribution is 0.977. The van der Waals surface area contributed by atoms with Gasteiger partial charge in [0.05, 0.1) is 5.70 Å². The van der Waals surface area contributed by atoms with Crippen LogP contribution in [0.25, 0.3) is 0 Å². The Morgan fingerprint density at radius 3 is 2.75 bits per heavy atom. The van der Waals surface area contributed by atoms with Crippen LogP contribution in [0.2, 0.25) is 0 Å². The van der Waals surface area contributed by atoms with E-state index in [1.165, 1.54) is 0 Å². The van der Waals surface area contributed by atoms with Crippen LogP contribution in [0, 0.1) is 5.53 Å². The second-order valence-electron chi connectivity index (χ2n) is 1.72. The Morgan fingerprint density at radius 1 is 1.50 bits per heavy atom. The summed E-state index contributed by atoms with van der Waals surface area (Å²) in [7, 11) is 0. The van der Waals surface area contributed by atoms with Crippen LogP contribution in [-0.2, 0) is 0 Å². The van der Waals surface area contributed by atoms with E-state index >= 15 is 0 Å². The minimum Gasteiger partial charge on any atom is -0.204 e. The minimum absolute atomic E-state index is 0.788. The quantitative estimate of drug-likeness (QED) is 0.500. The van der Waals surface area contributed by atoms with Gasteiger partial charge < -0.3 is 0 Å². The van der Waals surface area contributed by atoms with Crippen LogP contribution < -0.4 is 0 Å². The van der Waals surface area contributed by atoms with E-state index in [0.717, 1.165) is 18.5 Å². The summed E-state index contributed by atoms with van der Waals surface area (Å²) in [6, 6.07) is 0. The number of hydrogen-bond donors (Lipinski definition) is 1. The first-order chi connectivity index (χ1) is 3.93. The molecule has 0 spiro atoms. The lowest BCUT2D eigenvalue weighted by Gasteiger charge is -1.96. The first kappa shape index (κ1) is 5.22. The smallest absolute Gasteiger partial charge is 0.0807 e. The fourth-order valence-electron chi connectivity index (χ4n) is 0.682. The molecule has 0 fully saturated rings. The number of nitrogens with one attached hydrogen (secondary N) is 1. The van der Waals surface area contributed by atoms with Gasteiger partial charge in [0, 0.05) is 0 Å². The molecule has 0 radical (unpaired) electrons. The first-order valence-electron chi connectivity index (χ1n) is 2.67. The van der Waals surface area contributed by atoms with Crippen molar-refractivity contribution in [2.45, 2.75) is 12.8 Å². The molecule has 0 heterocycles. The topological polar surface area (TPSA) is 36.2 Å². The number of rotatable bonds is 1. The van der Waals surface area contributed by atoms with Crippen LogP contribution in [0.3, 0.4) is 0 Å². The van der Waals surface area contributed by atoms with Crippen molar-refractivity contribution in [1.29, 1.82) is 5.53 Å². The third-order valence-electron chi connectivity index (χ3n) is 1.10. The van der Waals surface area contributed by atoms with E-state index in [1.807, 2.05) is 18.2 Å². The molecule has 0 saturated heterocycles. The molecule has 8 heavy (non-hydrogen) atoms. The van der Waals surface area contributed by atoms with Crippen molar-refractivity contribution in [3.63, 3.8) is 0 Å². The molecule has 0 unspecified atom stereocenters. The average molecular weight is 108 g/mol. The van der Waals surface area contributed by atoms with Crippen LogP contribution in [0.4, 0.5) is 0 Å². The van der Waals surface area contributed by atoms with Crippen LogP contribution in [0.5, 0.6) is 0 Å². The highest BCUT2D eigenvalue weighted by Gasteiger charge is 1.91. The maximum atomic E-state index is 6.60. The predicted molar refractivity (Wildman–Crippen MR) is 31.6 cm³/mol. The van der Waals surface area contributed by atoms with Gasteiger partial charge in [-0.05, 0) is 18.9 Å². The second kappa shape index (κ2) is 2.40. The van der Waals surface area contributed by atoms with Crippen LogP contribution >= 0.6 is 0 Å². The minimum atomic E-state index is 0.788. The van der Waals surface area contributed by atoms with Crippen molar-refractivity contribution in [3.8, 4) is 0 Å². The predicted octanol–water partition coefficient (Wildman–Crippen LogP) is 2.25. The lowest BCUT2D eigenvalue weighted by Crippen LogP contribution is -1.77. The summed E-state index contributed by atoms with van der Waals surface area (Å²) in [5, 5.41) is 3.27. The van der Waals surface area contributed by atoms with Crippen molar-refractivity contribution in [2.75, 3.05) is 0 Å². The number of allylic oxidation sites excluding steroid dienone is 3. The molecule has 1 N–H and O–H groups in total. The molecule has 0 aromatic carbocycles. The van der Waals surface area contributed by atoms with E-state index in [9.17, 15) is 0 Å². The maximum Gasteiger partial charge on any atom is 0.0807 e. The van der Waals surface area contributed by atoms with Gasteiger partial charge in [-0.15, -0.1) is 0 Å². The molecule has 0 bridgehead atoms. The lowest BCUT2D eigenvalue weighted by atomic mass is 10.2. The maximum absolute atomic E-state index is 6.60. The third-order valence-corrected chi connectivity index (χ3v) is 1.10. The van der Waals surface area contributed by atoms with E-state index < -0.39 is 0 Å². The van der Waals surface area contributed by atoms with Gasteiger partial charge in [0.2, 0.25) is 0 Å². The highest BCUT2D eigenvalue weighted by molar-refractivity contribution is 5.19. The van der Waals surface area contributed by atoms with Crippen LogP contribution in [0.15, 0.2) is 29.0 Å². The normalized spacial score (nSPS) is 17.8. The van der Waals surface area contributed by atoms with Crippen molar-refractivity contribution < 1.29 is 0 Å². The van der Waals surface area contributed by atoms with Crippen molar-refractivity contribution >= 4 is 0 Å². The summed E-state index contributed by atoms with van der Waals surface area (Å²) in [6.45, 7) is 0. The zero-order chi connectivity index (χ0) is 5.82. The summed E-state index contributed by atoms with van der Waals surface area (Å²) in [6.07, 6.45) is 8.00. The Labute approximate surface area is 48.4 Å². The molecule has 1 aliphatic rings. The summed E-state index contributed by atoms with van der Waals surface area (Å²) in [5.41, 5.74) is 7.39. The molecule has 0 amide bonds. The summed E-state index contributed by atoms with van der Waals surface area (Å²) in [4.78, 5) is 0. The Morgan fingerprint density at radius 2 is 2.38 bits per heavy atom. The van der Waals surface area contributed by atoms with E-state index in [0.29, 0.717) is 0 Å². The van der Waals surface area contributed by atoms with Gasteiger partial charge in [0.25, 0.3) is 0 Å². The van der Waals surface area contributed by atoms with Crippen LogP contribution in [0.1, 0.15) is 12.8 Å².